The van der Waals surface area contributed by atoms with E-state index in [0.717, 1.165) is 25.2 Å². The number of nitrogens with zero attached hydrogens (tertiary/aromatic N) is 1. The number of fused-ring (bicyclic) bond motifs is 1. The number of nitrogens with one attached hydrogen (secondary N) is 1. The van der Waals surface area contributed by atoms with Crippen molar-refractivity contribution in [1.29, 1.82) is 0 Å². The molecule has 0 amide bonds. The van der Waals surface area contributed by atoms with Crippen LogP contribution in [0.4, 0.5) is 0 Å². The Balaban J connectivity index is 1.99. The quantitative estimate of drug-likeness (QED) is 0.708. The maximum absolute atomic E-state index is 12.0. The van der Waals surface area contributed by atoms with Gasteiger partial charge < -0.3 is 4.90 Å². The molecule has 17 heavy (non-hydrogen) atoms. The summed E-state index contributed by atoms with van der Waals surface area (Å²) in [5.41, 5.74) is 1.46. The molecule has 2 aliphatic rings. The van der Waals surface area contributed by atoms with Crippen LogP contribution in [0.3, 0.4) is 0 Å². The van der Waals surface area contributed by atoms with Crippen LogP contribution in [0.2, 0.25) is 0 Å². The van der Waals surface area contributed by atoms with E-state index in [0.29, 0.717) is 23.0 Å². The van der Waals surface area contributed by atoms with Gasteiger partial charge >= 0.3 is 0 Å². The number of rotatable bonds is 4. The summed E-state index contributed by atoms with van der Waals surface area (Å²) in [7, 11) is 4.26. The molecular weight excluding hydrogens is 212 g/mol. The van der Waals surface area contributed by atoms with Gasteiger partial charge in [0.2, 0.25) is 0 Å². The summed E-state index contributed by atoms with van der Waals surface area (Å²) in [6.07, 6.45) is 0.786. The summed E-state index contributed by atoms with van der Waals surface area (Å²) in [5.74, 6) is 1.76. The highest BCUT2D eigenvalue weighted by Crippen LogP contribution is 2.68. The predicted octanol–water partition coefficient (Wildman–Crippen LogP) is 0.453. The number of carbonyl (C=O) groups excluding carboxylic acids is 1. The maximum Gasteiger partial charge on any atom is 0.142 e. The molecule has 0 heterocycles. The van der Waals surface area contributed by atoms with E-state index in [-0.39, 0.29) is 5.92 Å². The van der Waals surface area contributed by atoms with Gasteiger partial charge in [-0.3, -0.25) is 9.79 Å². The molecule has 0 spiro atoms. The molecule has 2 fully saturated rings. The topological polar surface area (TPSA) is 33.9 Å². The first-order chi connectivity index (χ1) is 7.85. The molecule has 0 bridgehead atoms. The molecule has 3 atom stereocenters. The van der Waals surface area contributed by atoms with Crippen LogP contribution < -0.4 is 4.90 Å². The smallest absolute Gasteiger partial charge is 0.142 e. The van der Waals surface area contributed by atoms with Gasteiger partial charge in [0.15, 0.2) is 0 Å². The average molecular weight is 237 g/mol. The summed E-state index contributed by atoms with van der Waals surface area (Å²) < 4.78 is 0. The maximum atomic E-state index is 12.0. The Morgan fingerprint density at radius 1 is 1.47 bits per heavy atom. The van der Waals surface area contributed by atoms with Crippen molar-refractivity contribution in [1.82, 2.24) is 0 Å². The van der Waals surface area contributed by atoms with Crippen molar-refractivity contribution < 1.29 is 9.69 Å². The van der Waals surface area contributed by atoms with E-state index in [1.165, 1.54) is 4.90 Å². The van der Waals surface area contributed by atoms with E-state index in [9.17, 15) is 4.79 Å². The normalized spacial score (nSPS) is 35.3. The minimum Gasteiger partial charge on any atom is -0.338 e. The number of likely N-dealkylation sites (N-methyl/N-ethyl adjacent to an activating group) is 1. The highest BCUT2D eigenvalue weighted by molar-refractivity contribution is 6.07. The number of aliphatic imine (C=N–C) groups is 1. The molecule has 0 aromatic heterocycles. The van der Waals surface area contributed by atoms with Crippen LogP contribution in [-0.2, 0) is 4.79 Å². The summed E-state index contributed by atoms with van der Waals surface area (Å²) in [6, 6.07) is 0. The lowest BCUT2D eigenvalue weighted by molar-refractivity contribution is -0.856. The van der Waals surface area contributed by atoms with Crippen molar-refractivity contribution in [3.63, 3.8) is 0 Å². The Kier molecular flexibility index (Phi) is 3.15. The van der Waals surface area contributed by atoms with Crippen LogP contribution in [0.25, 0.3) is 0 Å². The molecule has 2 saturated carbocycles. The standard InChI is InChI=1S/C14H24N2O/c1-9(15-6-7-16(4)5)12-11(17)8-10-13(12)14(10,2)3/h10,12-13H,6-8H2,1-5H3/p+1/t10-,12?,13-/m1/s1. The highest BCUT2D eigenvalue weighted by atomic mass is 16.1. The largest absolute Gasteiger partial charge is 0.338 e. The minimum atomic E-state index is 0.132. The summed E-state index contributed by atoms with van der Waals surface area (Å²) in [6.45, 7) is 8.51. The van der Waals surface area contributed by atoms with E-state index >= 15 is 0 Å². The van der Waals surface area contributed by atoms with Gasteiger partial charge in [0.1, 0.15) is 5.78 Å². The molecule has 1 N–H and O–H groups in total. The molecule has 2 rings (SSSR count). The van der Waals surface area contributed by atoms with E-state index in [4.69, 9.17) is 0 Å². The lowest BCUT2D eigenvalue weighted by Crippen LogP contribution is -3.06. The van der Waals surface area contributed by atoms with Crippen LogP contribution in [0.15, 0.2) is 4.99 Å². The first-order valence-corrected chi connectivity index (χ1v) is 6.68. The Morgan fingerprint density at radius 2 is 2.12 bits per heavy atom. The van der Waals surface area contributed by atoms with Crippen LogP contribution in [0.1, 0.15) is 27.2 Å². The molecule has 1 unspecified atom stereocenters. The Hall–Kier alpha value is -0.700. The third kappa shape index (κ3) is 2.17. The average Bonchev–Trinajstić information content (AvgIpc) is 2.58. The molecule has 0 aromatic rings. The molecule has 2 aliphatic carbocycles. The monoisotopic (exact) mass is 237 g/mol. The van der Waals surface area contributed by atoms with Gasteiger partial charge in [-0.25, -0.2) is 0 Å². The third-order valence-corrected chi connectivity index (χ3v) is 4.69. The second-order valence-corrected chi connectivity index (χ2v) is 6.58. The van der Waals surface area contributed by atoms with Gasteiger partial charge in [-0.1, -0.05) is 13.8 Å². The van der Waals surface area contributed by atoms with Crippen LogP contribution in [0, 0.1) is 23.2 Å². The Labute approximate surface area is 104 Å². The van der Waals surface area contributed by atoms with Crippen LogP contribution in [-0.4, -0.2) is 38.7 Å². The number of hydrogen-bond acceptors (Lipinski definition) is 2. The Morgan fingerprint density at radius 3 is 2.65 bits per heavy atom. The number of ketones is 1. The lowest BCUT2D eigenvalue weighted by atomic mass is 9.89. The summed E-state index contributed by atoms with van der Waals surface area (Å²) >= 11 is 0. The first-order valence-electron chi connectivity index (χ1n) is 6.68. The van der Waals surface area contributed by atoms with E-state index in [1.807, 2.05) is 6.92 Å². The van der Waals surface area contributed by atoms with Crippen molar-refractivity contribution in [2.24, 2.45) is 28.2 Å². The van der Waals surface area contributed by atoms with E-state index in [1.54, 1.807) is 0 Å². The molecule has 96 valence electrons. The van der Waals surface area contributed by atoms with Gasteiger partial charge in [0.25, 0.3) is 0 Å². The van der Waals surface area contributed by atoms with Crippen molar-refractivity contribution >= 4 is 11.5 Å². The summed E-state index contributed by atoms with van der Waals surface area (Å²) in [4.78, 5) is 18.0. The lowest BCUT2D eigenvalue weighted by Gasteiger charge is -2.16. The van der Waals surface area contributed by atoms with Crippen molar-refractivity contribution in [3.8, 4) is 0 Å². The van der Waals surface area contributed by atoms with E-state index in [2.05, 4.69) is 32.9 Å². The second-order valence-electron chi connectivity index (χ2n) is 6.58. The first kappa shape index (κ1) is 12.7. The second kappa shape index (κ2) is 4.20. The molecular formula is C14H25N2O+. The number of quaternary nitrogens is 1. The highest BCUT2D eigenvalue weighted by Gasteiger charge is 2.67. The summed E-state index contributed by atoms with van der Waals surface area (Å²) in [5, 5.41) is 0. The SMILES string of the molecule is CC(=NCC[NH+](C)C)C1C(=O)C[C@@H]2[C@H]1C2(C)C. The van der Waals surface area contributed by atoms with Crippen molar-refractivity contribution in [2.45, 2.75) is 27.2 Å². The van der Waals surface area contributed by atoms with Crippen molar-refractivity contribution in [2.75, 3.05) is 27.2 Å². The molecule has 0 aromatic carbocycles. The Bertz CT molecular complexity index is 357. The number of hydrogen-bond donors (Lipinski definition) is 1. The molecule has 0 radical (unpaired) electrons. The fourth-order valence-corrected chi connectivity index (χ4v) is 3.43. The predicted molar refractivity (Wildman–Crippen MR) is 69.5 cm³/mol. The molecule has 3 heteroatoms. The van der Waals surface area contributed by atoms with Gasteiger partial charge in [-0.2, -0.15) is 0 Å². The van der Waals surface area contributed by atoms with Crippen LogP contribution >= 0.6 is 0 Å². The third-order valence-electron chi connectivity index (χ3n) is 4.69. The van der Waals surface area contributed by atoms with Gasteiger partial charge in [0.05, 0.1) is 33.1 Å². The van der Waals surface area contributed by atoms with Crippen LogP contribution in [0.5, 0.6) is 0 Å². The number of carbonyl (C=O) groups is 1. The minimum absolute atomic E-state index is 0.132. The molecule has 0 aliphatic heterocycles. The molecule has 0 saturated heterocycles. The molecule has 3 nitrogen and oxygen atoms in total. The number of Topliss-reactive ketones (excluding diaryl/α,β-unsaturated/α-hetero) is 1. The van der Waals surface area contributed by atoms with Gasteiger partial charge in [0, 0.05) is 12.1 Å². The zero-order valence-electron chi connectivity index (χ0n) is 11.7. The van der Waals surface area contributed by atoms with Gasteiger partial charge in [-0.15, -0.1) is 0 Å². The van der Waals surface area contributed by atoms with Gasteiger partial charge in [-0.05, 0) is 24.2 Å². The van der Waals surface area contributed by atoms with Crippen molar-refractivity contribution in [3.05, 3.63) is 0 Å². The van der Waals surface area contributed by atoms with E-state index < -0.39 is 0 Å². The zero-order valence-corrected chi connectivity index (χ0v) is 11.7. The fourth-order valence-electron chi connectivity index (χ4n) is 3.43. The fraction of sp³-hybridized carbons (Fsp3) is 0.857. The zero-order chi connectivity index (χ0) is 12.8.